The van der Waals surface area contributed by atoms with Gasteiger partial charge < -0.3 is 9.47 Å². The molecule has 4 nitrogen and oxygen atoms in total. The molecule has 0 unspecified atom stereocenters. The van der Waals surface area contributed by atoms with E-state index in [-0.39, 0.29) is 23.8 Å². The monoisotopic (exact) mass is 668 g/mol. The fourth-order valence-electron chi connectivity index (χ4n) is 2.70. The summed E-state index contributed by atoms with van der Waals surface area (Å²) in [6, 6.07) is 3.99. The summed E-state index contributed by atoms with van der Waals surface area (Å²) < 4.78 is 13.9. The maximum atomic E-state index is 12.5. The number of carbonyl (C=O) groups excluding carboxylic acids is 2. The van der Waals surface area contributed by atoms with Crippen LogP contribution in [0.15, 0.2) is 12.1 Å². The highest BCUT2D eigenvalue weighted by molar-refractivity contribution is 14.1. The third-order valence-corrected chi connectivity index (χ3v) is 6.23. The summed E-state index contributed by atoms with van der Waals surface area (Å²) in [6.07, 6.45) is 3.59. The molecule has 0 radical (unpaired) electrons. The van der Waals surface area contributed by atoms with Crippen molar-refractivity contribution >= 4 is 79.7 Å². The predicted molar refractivity (Wildman–Crippen MR) is 117 cm³/mol. The lowest BCUT2D eigenvalue weighted by molar-refractivity contribution is -0.152. The van der Waals surface area contributed by atoms with Gasteiger partial charge in [-0.25, -0.2) is 0 Å². The normalized spacial score (nSPS) is 20.5. The number of hydrogen-bond donors (Lipinski definition) is 0. The third kappa shape index (κ3) is 5.68. The first-order valence-corrected chi connectivity index (χ1v) is 11.2. The smallest absolute Gasteiger partial charge is 0.314 e. The first-order chi connectivity index (χ1) is 11.4. The van der Waals surface area contributed by atoms with Crippen LogP contribution in [0, 0.1) is 22.5 Å². The van der Waals surface area contributed by atoms with Crippen LogP contribution >= 0.6 is 67.8 Å². The fraction of sp³-hybridized carbons (Fsp3) is 0.529. The van der Waals surface area contributed by atoms with Gasteiger partial charge >= 0.3 is 11.9 Å². The molecule has 24 heavy (non-hydrogen) atoms. The van der Waals surface area contributed by atoms with Crippen LogP contribution in [0.5, 0.6) is 5.75 Å². The lowest BCUT2D eigenvalue weighted by Crippen LogP contribution is -2.29. The topological polar surface area (TPSA) is 52.6 Å². The van der Waals surface area contributed by atoms with Crippen LogP contribution in [0.4, 0.5) is 0 Å². The van der Waals surface area contributed by atoms with Gasteiger partial charge in [-0.15, -0.1) is 0 Å². The van der Waals surface area contributed by atoms with Gasteiger partial charge in [0.2, 0.25) is 0 Å². The van der Waals surface area contributed by atoms with Crippen molar-refractivity contribution in [2.75, 3.05) is 6.61 Å². The van der Waals surface area contributed by atoms with Gasteiger partial charge in [0.15, 0.2) is 5.75 Å². The minimum absolute atomic E-state index is 0.0702. The molecule has 0 bridgehead atoms. The fourth-order valence-corrected chi connectivity index (χ4v) is 6.50. The number of carbonyl (C=O) groups is 2. The summed E-state index contributed by atoms with van der Waals surface area (Å²) in [5.74, 6) is 0.134. The average Bonchev–Trinajstić information content (AvgIpc) is 2.55. The molecule has 0 spiro atoms. The highest BCUT2D eigenvalue weighted by Gasteiger charge is 2.32. The van der Waals surface area contributed by atoms with Crippen LogP contribution in [0.2, 0.25) is 0 Å². The zero-order valence-corrected chi connectivity index (χ0v) is 19.8. The van der Waals surface area contributed by atoms with E-state index >= 15 is 0 Å². The predicted octanol–water partition coefficient (Wildman–Crippen LogP) is 5.17. The molecule has 2 rings (SSSR count). The molecule has 1 saturated carbocycles. The number of ether oxygens (including phenoxy) is 2. The van der Waals surface area contributed by atoms with Crippen LogP contribution in [0.1, 0.15) is 39.0 Å². The van der Waals surface area contributed by atoms with Gasteiger partial charge in [-0.05, 0) is 112 Å². The van der Waals surface area contributed by atoms with Gasteiger partial charge in [-0.2, -0.15) is 0 Å². The molecule has 1 aromatic rings. The molecule has 0 aliphatic heterocycles. The standard InChI is InChI=1S/C17H19I3O4/c1-2-7-23-16(21)10-3-5-11(6-4-10)17(22)24-15-13(19)8-12(18)9-14(15)20/h8-11H,2-7H2,1H3. The SMILES string of the molecule is CCCOC(=O)C1CCC(C(=O)Oc2c(I)cc(I)cc2I)CC1. The second-order valence-corrected chi connectivity index (χ2v) is 9.41. The van der Waals surface area contributed by atoms with E-state index in [1.54, 1.807) is 0 Å². The minimum Gasteiger partial charge on any atom is -0.465 e. The van der Waals surface area contributed by atoms with Gasteiger partial charge in [-0.1, -0.05) is 6.92 Å². The second-order valence-electron chi connectivity index (χ2n) is 5.84. The van der Waals surface area contributed by atoms with E-state index in [2.05, 4.69) is 67.8 Å². The van der Waals surface area contributed by atoms with Crippen molar-refractivity contribution in [2.45, 2.75) is 39.0 Å². The van der Waals surface area contributed by atoms with Gasteiger partial charge in [0.1, 0.15) is 0 Å². The van der Waals surface area contributed by atoms with Crippen LogP contribution in [-0.2, 0) is 14.3 Å². The molecule has 0 aromatic heterocycles. The molecule has 1 aliphatic carbocycles. The lowest BCUT2D eigenvalue weighted by Gasteiger charge is -2.26. The number of hydrogen-bond acceptors (Lipinski definition) is 4. The Labute approximate surface area is 183 Å². The first kappa shape index (κ1) is 20.7. The van der Waals surface area contributed by atoms with E-state index in [1.165, 1.54) is 0 Å². The van der Waals surface area contributed by atoms with E-state index < -0.39 is 0 Å². The van der Waals surface area contributed by atoms with E-state index in [9.17, 15) is 9.59 Å². The minimum atomic E-state index is -0.188. The molecule has 0 amide bonds. The van der Waals surface area contributed by atoms with Crippen molar-refractivity contribution < 1.29 is 19.1 Å². The molecule has 0 atom stereocenters. The van der Waals surface area contributed by atoms with E-state index in [4.69, 9.17) is 9.47 Å². The van der Waals surface area contributed by atoms with Crippen molar-refractivity contribution in [2.24, 2.45) is 11.8 Å². The maximum Gasteiger partial charge on any atom is 0.314 e. The Bertz CT molecular complexity index is 587. The number of halogens is 3. The summed E-state index contributed by atoms with van der Waals surface area (Å²) in [5.41, 5.74) is 0. The Balaban J connectivity index is 1.91. The van der Waals surface area contributed by atoms with E-state index in [1.807, 2.05) is 19.1 Å². The molecule has 0 N–H and O–H groups in total. The van der Waals surface area contributed by atoms with Crippen LogP contribution in [-0.4, -0.2) is 18.5 Å². The molecule has 7 heteroatoms. The van der Waals surface area contributed by atoms with Crippen molar-refractivity contribution in [1.29, 1.82) is 0 Å². The Morgan fingerprint density at radius 2 is 1.50 bits per heavy atom. The average molecular weight is 668 g/mol. The van der Waals surface area contributed by atoms with Crippen molar-refractivity contribution in [3.05, 3.63) is 22.8 Å². The highest BCUT2D eigenvalue weighted by atomic mass is 127. The molecule has 132 valence electrons. The largest absolute Gasteiger partial charge is 0.465 e. The van der Waals surface area contributed by atoms with Gasteiger partial charge in [0, 0.05) is 3.57 Å². The van der Waals surface area contributed by atoms with Crippen molar-refractivity contribution in [3.8, 4) is 5.75 Å². The van der Waals surface area contributed by atoms with Crippen molar-refractivity contribution in [3.63, 3.8) is 0 Å². The Morgan fingerprint density at radius 3 is 2.00 bits per heavy atom. The molecule has 1 fully saturated rings. The zero-order chi connectivity index (χ0) is 17.7. The van der Waals surface area contributed by atoms with Crippen LogP contribution < -0.4 is 4.74 Å². The summed E-state index contributed by atoms with van der Waals surface area (Å²) in [5, 5.41) is 0. The number of rotatable bonds is 5. The Hall–Kier alpha value is 0.350. The number of esters is 2. The second kappa shape index (κ2) is 9.89. The number of benzene rings is 1. The quantitative estimate of drug-likeness (QED) is 0.247. The summed E-state index contributed by atoms with van der Waals surface area (Å²) >= 11 is 6.63. The zero-order valence-electron chi connectivity index (χ0n) is 13.3. The van der Waals surface area contributed by atoms with Crippen molar-refractivity contribution in [1.82, 2.24) is 0 Å². The molecule has 0 saturated heterocycles. The summed E-state index contributed by atoms with van der Waals surface area (Å²) in [6.45, 7) is 2.46. The Kier molecular flexibility index (Phi) is 8.51. The lowest BCUT2D eigenvalue weighted by atomic mass is 9.82. The molecule has 1 aliphatic rings. The first-order valence-electron chi connectivity index (χ1n) is 7.95. The van der Waals surface area contributed by atoms with E-state index in [0.29, 0.717) is 38.0 Å². The molecule has 1 aromatic carbocycles. The van der Waals surface area contributed by atoms with E-state index in [0.717, 1.165) is 17.1 Å². The molecular weight excluding hydrogens is 649 g/mol. The molecule has 0 heterocycles. The van der Waals surface area contributed by atoms with Gasteiger partial charge in [0.25, 0.3) is 0 Å². The van der Waals surface area contributed by atoms with Crippen LogP contribution in [0.25, 0.3) is 0 Å². The van der Waals surface area contributed by atoms with Crippen LogP contribution in [0.3, 0.4) is 0 Å². The summed E-state index contributed by atoms with van der Waals surface area (Å²) in [4.78, 5) is 24.4. The maximum absolute atomic E-state index is 12.5. The van der Waals surface area contributed by atoms with Gasteiger partial charge in [0.05, 0.1) is 25.6 Å². The summed E-state index contributed by atoms with van der Waals surface area (Å²) in [7, 11) is 0. The Morgan fingerprint density at radius 1 is 1.00 bits per heavy atom. The molecular formula is C17H19I3O4. The third-order valence-electron chi connectivity index (χ3n) is 4.01. The van der Waals surface area contributed by atoms with Gasteiger partial charge in [-0.3, -0.25) is 9.59 Å². The highest BCUT2D eigenvalue weighted by Crippen LogP contribution is 2.34.